The smallest absolute Gasteiger partial charge is 0.339 e. The quantitative estimate of drug-likeness (QED) is 0.735. The summed E-state index contributed by atoms with van der Waals surface area (Å²) in [6, 6.07) is 1.43. The number of carbonyl (C=O) groups is 1. The Bertz CT molecular complexity index is 328. The average molecular weight is 201 g/mol. The van der Waals surface area contributed by atoms with Gasteiger partial charge in [0, 0.05) is 6.20 Å². The molecule has 2 N–H and O–H groups in total. The Morgan fingerprint density at radius 1 is 1.77 bits per heavy atom. The lowest BCUT2D eigenvalue weighted by molar-refractivity contribution is 0.0526. The number of esters is 1. The molecular weight excluding hydrogens is 192 g/mol. The number of nitrogens with zero attached hydrogens (tertiary/aromatic N) is 1. The number of nitrogens with two attached hydrogens (primary N) is 1. The minimum absolute atomic E-state index is 0.203. The highest BCUT2D eigenvalue weighted by Crippen LogP contribution is 2.16. The van der Waals surface area contributed by atoms with Crippen LogP contribution >= 0.6 is 11.6 Å². The molecule has 0 aliphatic heterocycles. The third-order valence-corrected chi connectivity index (χ3v) is 1.68. The number of halogens is 1. The predicted octanol–water partition coefficient (Wildman–Crippen LogP) is 1.49. The Morgan fingerprint density at radius 2 is 2.46 bits per heavy atom. The fourth-order valence-electron chi connectivity index (χ4n) is 0.775. The van der Waals surface area contributed by atoms with Crippen LogP contribution in [0, 0.1) is 0 Å². The summed E-state index contributed by atoms with van der Waals surface area (Å²) in [5.74, 6) is -0.244. The van der Waals surface area contributed by atoms with Crippen LogP contribution in [0.2, 0.25) is 5.02 Å². The van der Waals surface area contributed by atoms with Gasteiger partial charge < -0.3 is 10.5 Å². The zero-order valence-electron chi connectivity index (χ0n) is 7.08. The minimum atomic E-state index is -0.447. The first-order valence-corrected chi connectivity index (χ1v) is 4.11. The van der Waals surface area contributed by atoms with Crippen molar-refractivity contribution in [2.75, 3.05) is 12.3 Å². The summed E-state index contributed by atoms with van der Waals surface area (Å²) in [6.45, 7) is 2.05. The highest BCUT2D eigenvalue weighted by Gasteiger charge is 2.08. The van der Waals surface area contributed by atoms with E-state index in [0.29, 0.717) is 12.2 Å². The summed E-state index contributed by atoms with van der Waals surface area (Å²) >= 11 is 5.66. The van der Waals surface area contributed by atoms with Crippen molar-refractivity contribution in [3.05, 3.63) is 22.8 Å². The van der Waals surface area contributed by atoms with E-state index < -0.39 is 5.97 Å². The SMILES string of the molecule is CCOC(=O)c1cnc(N)c(Cl)c1. The predicted molar refractivity (Wildman–Crippen MR) is 49.6 cm³/mol. The second-order valence-corrected chi connectivity index (χ2v) is 2.72. The van der Waals surface area contributed by atoms with E-state index in [4.69, 9.17) is 22.1 Å². The van der Waals surface area contributed by atoms with E-state index in [1.807, 2.05) is 0 Å². The van der Waals surface area contributed by atoms with Crippen molar-refractivity contribution in [1.29, 1.82) is 0 Å². The molecule has 0 fully saturated rings. The van der Waals surface area contributed by atoms with Gasteiger partial charge in [-0.05, 0) is 13.0 Å². The number of rotatable bonds is 2. The summed E-state index contributed by atoms with van der Waals surface area (Å²) in [6.07, 6.45) is 1.33. The number of aromatic nitrogens is 1. The first kappa shape index (κ1) is 9.80. The van der Waals surface area contributed by atoms with Crippen LogP contribution in [0.5, 0.6) is 0 Å². The zero-order chi connectivity index (χ0) is 9.84. The van der Waals surface area contributed by atoms with Gasteiger partial charge >= 0.3 is 5.97 Å². The highest BCUT2D eigenvalue weighted by molar-refractivity contribution is 6.33. The third-order valence-electron chi connectivity index (χ3n) is 1.38. The van der Waals surface area contributed by atoms with E-state index in [2.05, 4.69) is 4.98 Å². The van der Waals surface area contributed by atoms with Gasteiger partial charge in [-0.3, -0.25) is 0 Å². The standard InChI is InChI=1S/C8H9ClN2O2/c1-2-13-8(12)5-3-6(9)7(10)11-4-5/h3-4H,2H2,1H3,(H2,10,11). The lowest BCUT2D eigenvalue weighted by Crippen LogP contribution is -2.05. The summed E-state index contributed by atoms with van der Waals surface area (Å²) in [5, 5.41) is 0.255. The number of anilines is 1. The number of nitrogen functional groups attached to an aromatic ring is 1. The van der Waals surface area contributed by atoms with Gasteiger partial charge in [-0.15, -0.1) is 0 Å². The summed E-state index contributed by atoms with van der Waals surface area (Å²) in [5.41, 5.74) is 5.67. The maximum atomic E-state index is 11.1. The van der Waals surface area contributed by atoms with Crippen molar-refractivity contribution in [2.45, 2.75) is 6.92 Å². The van der Waals surface area contributed by atoms with Crippen LogP contribution in [-0.4, -0.2) is 17.6 Å². The normalized spacial score (nSPS) is 9.69. The Balaban J connectivity index is 2.90. The fraction of sp³-hybridized carbons (Fsp3) is 0.250. The molecule has 0 aromatic carbocycles. The van der Waals surface area contributed by atoms with Gasteiger partial charge in [-0.2, -0.15) is 0 Å². The molecule has 0 aliphatic carbocycles. The molecule has 0 saturated heterocycles. The number of hydrogen-bond acceptors (Lipinski definition) is 4. The molecule has 0 amide bonds. The molecular formula is C8H9ClN2O2. The highest BCUT2D eigenvalue weighted by atomic mass is 35.5. The minimum Gasteiger partial charge on any atom is -0.462 e. The summed E-state index contributed by atoms with van der Waals surface area (Å²) < 4.78 is 4.74. The van der Waals surface area contributed by atoms with E-state index in [1.165, 1.54) is 12.3 Å². The number of hydrogen-bond donors (Lipinski definition) is 1. The molecule has 0 spiro atoms. The van der Waals surface area contributed by atoms with E-state index in [9.17, 15) is 4.79 Å². The Kier molecular flexibility index (Phi) is 3.08. The first-order valence-electron chi connectivity index (χ1n) is 3.73. The van der Waals surface area contributed by atoms with Crippen LogP contribution in [-0.2, 0) is 4.74 Å². The molecule has 0 atom stereocenters. The molecule has 0 aliphatic rings. The summed E-state index contributed by atoms with van der Waals surface area (Å²) in [4.78, 5) is 14.9. The Morgan fingerprint density at radius 3 is 3.00 bits per heavy atom. The van der Waals surface area contributed by atoms with Crippen LogP contribution in [0.15, 0.2) is 12.3 Å². The lowest BCUT2D eigenvalue weighted by Gasteiger charge is -2.02. The number of carbonyl (C=O) groups excluding carboxylic acids is 1. The largest absolute Gasteiger partial charge is 0.462 e. The molecule has 0 radical (unpaired) electrons. The maximum Gasteiger partial charge on any atom is 0.339 e. The fourth-order valence-corrected chi connectivity index (χ4v) is 0.941. The van der Waals surface area contributed by atoms with Gasteiger partial charge in [0.2, 0.25) is 0 Å². The second kappa shape index (κ2) is 4.09. The van der Waals surface area contributed by atoms with Crippen LogP contribution in [0.25, 0.3) is 0 Å². The van der Waals surface area contributed by atoms with Crippen molar-refractivity contribution in [1.82, 2.24) is 4.98 Å². The molecule has 0 bridgehead atoms. The molecule has 0 saturated carbocycles. The maximum absolute atomic E-state index is 11.1. The molecule has 1 rings (SSSR count). The Hall–Kier alpha value is -1.29. The number of pyridine rings is 1. The van der Waals surface area contributed by atoms with Gasteiger partial charge in [0.1, 0.15) is 5.82 Å². The van der Waals surface area contributed by atoms with Crippen molar-refractivity contribution in [2.24, 2.45) is 0 Å². The lowest BCUT2D eigenvalue weighted by atomic mass is 10.3. The Labute approximate surface area is 80.7 Å². The van der Waals surface area contributed by atoms with Gasteiger partial charge in [0.05, 0.1) is 17.2 Å². The molecule has 4 nitrogen and oxygen atoms in total. The second-order valence-electron chi connectivity index (χ2n) is 2.31. The topological polar surface area (TPSA) is 65.2 Å². The monoisotopic (exact) mass is 200 g/mol. The van der Waals surface area contributed by atoms with Crippen LogP contribution in [0.3, 0.4) is 0 Å². The molecule has 5 heteroatoms. The van der Waals surface area contributed by atoms with E-state index in [0.717, 1.165) is 0 Å². The van der Waals surface area contributed by atoms with E-state index in [1.54, 1.807) is 6.92 Å². The van der Waals surface area contributed by atoms with E-state index in [-0.39, 0.29) is 10.8 Å². The average Bonchev–Trinajstić information content (AvgIpc) is 2.10. The zero-order valence-corrected chi connectivity index (χ0v) is 7.84. The number of ether oxygens (including phenoxy) is 1. The molecule has 0 unspecified atom stereocenters. The van der Waals surface area contributed by atoms with Crippen LogP contribution in [0.4, 0.5) is 5.82 Å². The van der Waals surface area contributed by atoms with Gasteiger partial charge in [0.25, 0.3) is 0 Å². The van der Waals surface area contributed by atoms with Crippen molar-refractivity contribution < 1.29 is 9.53 Å². The van der Waals surface area contributed by atoms with Crippen LogP contribution < -0.4 is 5.73 Å². The van der Waals surface area contributed by atoms with Crippen LogP contribution in [0.1, 0.15) is 17.3 Å². The molecule has 1 heterocycles. The molecule has 70 valence electrons. The van der Waals surface area contributed by atoms with Crippen molar-refractivity contribution >= 4 is 23.4 Å². The van der Waals surface area contributed by atoms with Gasteiger partial charge in [-0.1, -0.05) is 11.6 Å². The van der Waals surface area contributed by atoms with Crippen molar-refractivity contribution in [3.8, 4) is 0 Å². The third kappa shape index (κ3) is 2.32. The van der Waals surface area contributed by atoms with E-state index >= 15 is 0 Å². The molecule has 1 aromatic heterocycles. The molecule has 13 heavy (non-hydrogen) atoms. The molecule has 1 aromatic rings. The summed E-state index contributed by atoms with van der Waals surface area (Å²) in [7, 11) is 0. The van der Waals surface area contributed by atoms with Gasteiger partial charge in [-0.25, -0.2) is 9.78 Å². The first-order chi connectivity index (χ1) is 6.15. The van der Waals surface area contributed by atoms with Gasteiger partial charge in [0.15, 0.2) is 0 Å². The van der Waals surface area contributed by atoms with Crippen molar-refractivity contribution in [3.63, 3.8) is 0 Å².